The molecule has 4 nitrogen and oxygen atoms in total. The Morgan fingerprint density at radius 1 is 1.50 bits per heavy atom. The van der Waals surface area contributed by atoms with Gasteiger partial charge < -0.3 is 14.8 Å². The number of hydrogen-bond donors (Lipinski definition) is 1. The van der Waals surface area contributed by atoms with Gasteiger partial charge in [0.15, 0.2) is 0 Å². The molecule has 0 aromatic carbocycles. The summed E-state index contributed by atoms with van der Waals surface area (Å²) >= 11 is 0. The first-order valence-corrected chi connectivity index (χ1v) is 2.10. The fourth-order valence-corrected chi connectivity index (χ4v) is 0.200. The van der Waals surface area contributed by atoms with Gasteiger partial charge >= 0.3 is 0 Å². The van der Waals surface area contributed by atoms with Crippen LogP contribution in [0.2, 0.25) is 0 Å². The molecule has 0 aromatic rings. The second-order valence-corrected chi connectivity index (χ2v) is 1.00. The van der Waals surface area contributed by atoms with Gasteiger partial charge in [0.1, 0.15) is 19.6 Å². The van der Waals surface area contributed by atoms with Crippen molar-refractivity contribution >= 4 is 12.7 Å². The Labute approximate surface area is 46.8 Å². The van der Waals surface area contributed by atoms with E-state index in [1.165, 1.54) is 0 Å². The van der Waals surface area contributed by atoms with Gasteiger partial charge in [0.2, 0.25) is 6.41 Å². The molecule has 0 heterocycles. The molecule has 8 heavy (non-hydrogen) atoms. The van der Waals surface area contributed by atoms with Crippen LogP contribution in [0.5, 0.6) is 0 Å². The van der Waals surface area contributed by atoms with Gasteiger partial charge in [-0.3, -0.25) is 4.79 Å². The molecule has 0 aliphatic heterocycles. The number of carbonyl (C=O) groups is 2. The molecule has 1 N–H and O–H groups in total. The predicted octanol–water partition coefficient (Wildman–Crippen LogP) is -1.09. The van der Waals surface area contributed by atoms with Crippen LogP contribution in [0.3, 0.4) is 0 Å². The van der Waals surface area contributed by atoms with Gasteiger partial charge in [-0.25, -0.2) is 0 Å². The topological polar surface area (TPSA) is 55.4 Å². The Balaban J connectivity index is 2.71. The zero-order valence-electron chi connectivity index (χ0n) is 4.29. The summed E-state index contributed by atoms with van der Waals surface area (Å²) in [6.45, 7) is 0.128. The van der Waals surface area contributed by atoms with E-state index in [-0.39, 0.29) is 13.3 Å². The van der Waals surface area contributed by atoms with Gasteiger partial charge in [-0.2, -0.15) is 0 Å². The highest BCUT2D eigenvalue weighted by Gasteiger charge is 1.78. The Morgan fingerprint density at radius 3 is 2.75 bits per heavy atom. The molecule has 0 aliphatic carbocycles. The Hall–Kier alpha value is -0.900. The highest BCUT2D eigenvalue weighted by molar-refractivity contribution is 5.50. The Bertz CT molecular complexity index is 63.7. The van der Waals surface area contributed by atoms with E-state index in [2.05, 4.69) is 10.1 Å². The number of carbonyl (C=O) groups excluding carboxylic acids is 2. The van der Waals surface area contributed by atoms with Crippen LogP contribution in [-0.2, 0) is 14.3 Å². The quantitative estimate of drug-likeness (QED) is 0.282. The first-order valence-electron chi connectivity index (χ1n) is 2.10. The van der Waals surface area contributed by atoms with Crippen LogP contribution < -0.4 is 5.32 Å². The van der Waals surface area contributed by atoms with E-state index in [1.807, 2.05) is 0 Å². The molecule has 0 atom stereocenters. The molecule has 0 rings (SSSR count). The summed E-state index contributed by atoms with van der Waals surface area (Å²) in [4.78, 5) is 19.0. The molecular weight excluding hydrogens is 110 g/mol. The Morgan fingerprint density at radius 2 is 2.25 bits per heavy atom. The molecule has 0 aromatic heterocycles. The molecule has 46 valence electrons. The average Bonchev–Trinajstić information content (AvgIpc) is 1.81. The largest absolute Gasteiger partial charge is 0.354 e. The molecule has 0 saturated carbocycles. The smallest absolute Gasteiger partial charge is 0.208 e. The third kappa shape index (κ3) is 5.10. The van der Waals surface area contributed by atoms with Gasteiger partial charge in [-0.1, -0.05) is 0 Å². The number of amides is 1. The molecule has 0 fully saturated rings. The van der Waals surface area contributed by atoms with E-state index in [1.54, 1.807) is 0 Å². The summed E-state index contributed by atoms with van der Waals surface area (Å²) in [6, 6.07) is 0. The minimum atomic E-state index is 0.0286. The third-order valence-corrected chi connectivity index (χ3v) is 0.455. The van der Waals surface area contributed by atoms with Crippen LogP contribution in [0.1, 0.15) is 0 Å². The highest BCUT2D eigenvalue weighted by atomic mass is 16.5. The molecule has 0 aliphatic rings. The van der Waals surface area contributed by atoms with Crippen molar-refractivity contribution in [2.24, 2.45) is 0 Å². The molecule has 1 amide bonds. The van der Waals surface area contributed by atoms with Crippen LogP contribution in [0.25, 0.3) is 0 Å². The van der Waals surface area contributed by atoms with Crippen molar-refractivity contribution in [2.45, 2.75) is 0 Å². The lowest BCUT2D eigenvalue weighted by atomic mass is 10.8. The van der Waals surface area contributed by atoms with Gasteiger partial charge in [0.05, 0.1) is 0 Å². The summed E-state index contributed by atoms with van der Waals surface area (Å²) in [5.41, 5.74) is 0. The molecule has 0 radical (unpaired) electrons. The summed E-state index contributed by atoms with van der Waals surface area (Å²) in [5, 5.41) is 2.22. The number of rotatable bonds is 5. The molecule has 0 bridgehead atoms. The fraction of sp³-hybridized carbons (Fsp3) is 0.500. The standard InChI is InChI=1S/C4H7NO3/c6-1-2-8-4-5-3-7/h1,3H,2,4H2,(H,5,7). The van der Waals surface area contributed by atoms with Crippen molar-refractivity contribution in [1.29, 1.82) is 0 Å². The second-order valence-electron chi connectivity index (χ2n) is 1.00. The van der Waals surface area contributed by atoms with Crippen molar-refractivity contribution in [1.82, 2.24) is 5.32 Å². The minimum absolute atomic E-state index is 0.0286. The van der Waals surface area contributed by atoms with Gasteiger partial charge in [0, 0.05) is 0 Å². The van der Waals surface area contributed by atoms with Gasteiger partial charge in [-0.05, 0) is 0 Å². The summed E-state index contributed by atoms with van der Waals surface area (Å²) in [5.74, 6) is 0. The molecule has 4 heteroatoms. The lowest BCUT2D eigenvalue weighted by Crippen LogP contribution is -2.15. The third-order valence-electron chi connectivity index (χ3n) is 0.455. The van der Waals surface area contributed by atoms with Crippen LogP contribution in [0.15, 0.2) is 0 Å². The van der Waals surface area contributed by atoms with Crippen molar-refractivity contribution in [2.75, 3.05) is 13.3 Å². The second kappa shape index (κ2) is 6.10. The fourth-order valence-electron chi connectivity index (χ4n) is 0.200. The summed E-state index contributed by atoms with van der Waals surface area (Å²) in [6.07, 6.45) is 1.12. The van der Waals surface area contributed by atoms with Gasteiger partial charge in [0.25, 0.3) is 0 Å². The lowest BCUT2D eigenvalue weighted by Gasteiger charge is -1.93. The SMILES string of the molecule is O=CCOCNC=O. The van der Waals surface area contributed by atoms with Crippen LogP contribution in [-0.4, -0.2) is 26.0 Å². The zero-order chi connectivity index (χ0) is 6.24. The van der Waals surface area contributed by atoms with Crippen LogP contribution >= 0.6 is 0 Å². The Kier molecular flexibility index (Phi) is 5.41. The molecule has 0 spiro atoms. The molecule has 0 saturated heterocycles. The van der Waals surface area contributed by atoms with E-state index in [0.717, 1.165) is 0 Å². The van der Waals surface area contributed by atoms with E-state index >= 15 is 0 Å². The summed E-state index contributed by atoms with van der Waals surface area (Å²) in [7, 11) is 0. The van der Waals surface area contributed by atoms with E-state index in [4.69, 9.17) is 0 Å². The maximum absolute atomic E-state index is 9.53. The van der Waals surface area contributed by atoms with Crippen molar-refractivity contribution < 1.29 is 14.3 Å². The van der Waals surface area contributed by atoms with E-state index < -0.39 is 0 Å². The lowest BCUT2D eigenvalue weighted by molar-refractivity contribution is -0.115. The normalized spacial score (nSPS) is 8.00. The molecule has 0 unspecified atom stereocenters. The highest BCUT2D eigenvalue weighted by Crippen LogP contribution is 1.61. The number of nitrogens with one attached hydrogen (secondary N) is 1. The zero-order valence-corrected chi connectivity index (χ0v) is 4.29. The van der Waals surface area contributed by atoms with Crippen molar-refractivity contribution in [3.8, 4) is 0 Å². The monoisotopic (exact) mass is 117 g/mol. The first-order chi connectivity index (χ1) is 3.91. The van der Waals surface area contributed by atoms with Crippen LogP contribution in [0.4, 0.5) is 0 Å². The maximum atomic E-state index is 9.53. The van der Waals surface area contributed by atoms with Crippen molar-refractivity contribution in [3.05, 3.63) is 0 Å². The predicted molar refractivity (Wildman–Crippen MR) is 26.1 cm³/mol. The van der Waals surface area contributed by atoms with Gasteiger partial charge in [-0.15, -0.1) is 0 Å². The average molecular weight is 117 g/mol. The van der Waals surface area contributed by atoms with E-state index in [9.17, 15) is 9.59 Å². The summed E-state index contributed by atoms with van der Waals surface area (Å²) < 4.78 is 4.51. The minimum Gasteiger partial charge on any atom is -0.354 e. The number of aldehydes is 1. The first kappa shape index (κ1) is 7.10. The number of hydrogen-bond acceptors (Lipinski definition) is 3. The maximum Gasteiger partial charge on any atom is 0.208 e. The van der Waals surface area contributed by atoms with Crippen LogP contribution in [0, 0.1) is 0 Å². The molecular formula is C4H7NO3. The van der Waals surface area contributed by atoms with Crippen molar-refractivity contribution in [3.63, 3.8) is 0 Å². The van der Waals surface area contributed by atoms with E-state index in [0.29, 0.717) is 12.7 Å². The number of ether oxygens (including phenoxy) is 1.